The largest absolute Gasteiger partial charge is 0.478 e. The topological polar surface area (TPSA) is 75.1 Å². The maximum Gasteiger partial charge on any atom is 0.339 e. The Morgan fingerprint density at radius 1 is 1.21 bits per heavy atom. The molecule has 0 fully saturated rings. The Morgan fingerprint density at radius 3 is 2.53 bits per heavy atom. The maximum absolute atomic E-state index is 11.3. The molecule has 5 heteroatoms. The van der Waals surface area contributed by atoms with Crippen molar-refractivity contribution in [2.45, 2.75) is 20.4 Å². The van der Waals surface area contributed by atoms with Gasteiger partial charge in [-0.3, -0.25) is 0 Å². The summed E-state index contributed by atoms with van der Waals surface area (Å²) in [6.07, 6.45) is 0. The first-order valence-corrected chi connectivity index (χ1v) is 5.94. The van der Waals surface area contributed by atoms with E-state index in [1.165, 1.54) is 0 Å². The van der Waals surface area contributed by atoms with Gasteiger partial charge in [0.05, 0.1) is 5.69 Å². The molecule has 2 rings (SSSR count). The van der Waals surface area contributed by atoms with Crippen LogP contribution in [0.5, 0.6) is 0 Å². The molecule has 0 radical (unpaired) electrons. The molecule has 0 aliphatic rings. The first-order valence-electron chi connectivity index (χ1n) is 5.94. The molecule has 0 aliphatic heterocycles. The number of rotatable bonds is 4. The van der Waals surface area contributed by atoms with Gasteiger partial charge in [-0.1, -0.05) is 30.3 Å². The van der Waals surface area contributed by atoms with Crippen molar-refractivity contribution in [1.29, 1.82) is 0 Å². The third kappa shape index (κ3) is 2.88. The van der Waals surface area contributed by atoms with E-state index in [9.17, 15) is 9.90 Å². The van der Waals surface area contributed by atoms with Gasteiger partial charge in [-0.25, -0.2) is 4.79 Å². The molecule has 98 valence electrons. The minimum absolute atomic E-state index is 0.184. The summed E-state index contributed by atoms with van der Waals surface area (Å²) in [7, 11) is 0. The van der Waals surface area contributed by atoms with E-state index in [2.05, 4.69) is 15.5 Å². The van der Waals surface area contributed by atoms with Crippen LogP contribution in [0.3, 0.4) is 0 Å². The zero-order chi connectivity index (χ0) is 13.8. The van der Waals surface area contributed by atoms with E-state index in [4.69, 9.17) is 0 Å². The van der Waals surface area contributed by atoms with Crippen molar-refractivity contribution in [3.63, 3.8) is 0 Å². The average Bonchev–Trinajstić information content (AvgIpc) is 2.41. The normalized spacial score (nSPS) is 10.2. The van der Waals surface area contributed by atoms with E-state index in [0.29, 0.717) is 23.6 Å². The van der Waals surface area contributed by atoms with Crippen molar-refractivity contribution in [3.05, 3.63) is 52.7 Å². The van der Waals surface area contributed by atoms with Crippen molar-refractivity contribution < 1.29 is 9.90 Å². The minimum atomic E-state index is -0.994. The predicted molar refractivity (Wildman–Crippen MR) is 72.2 cm³/mol. The summed E-state index contributed by atoms with van der Waals surface area (Å²) in [5, 5.41) is 20.2. The zero-order valence-corrected chi connectivity index (χ0v) is 10.8. The van der Waals surface area contributed by atoms with Crippen LogP contribution in [0.1, 0.15) is 27.2 Å². The number of nitrogens with one attached hydrogen (secondary N) is 1. The van der Waals surface area contributed by atoms with Crippen LogP contribution in [0.4, 0.5) is 5.82 Å². The van der Waals surface area contributed by atoms with Gasteiger partial charge in [-0.05, 0) is 25.0 Å². The minimum Gasteiger partial charge on any atom is -0.478 e. The van der Waals surface area contributed by atoms with Gasteiger partial charge < -0.3 is 10.4 Å². The Hall–Kier alpha value is -2.43. The van der Waals surface area contributed by atoms with Gasteiger partial charge in [0.1, 0.15) is 5.56 Å². The van der Waals surface area contributed by atoms with Gasteiger partial charge in [-0.2, -0.15) is 5.10 Å². The summed E-state index contributed by atoms with van der Waals surface area (Å²) in [6.45, 7) is 4.00. The van der Waals surface area contributed by atoms with E-state index in [-0.39, 0.29) is 5.56 Å². The van der Waals surface area contributed by atoms with Crippen LogP contribution in [0.2, 0.25) is 0 Å². The van der Waals surface area contributed by atoms with Crippen molar-refractivity contribution in [1.82, 2.24) is 10.2 Å². The van der Waals surface area contributed by atoms with Gasteiger partial charge in [0.15, 0.2) is 5.82 Å². The Kier molecular flexibility index (Phi) is 3.75. The van der Waals surface area contributed by atoms with Crippen LogP contribution < -0.4 is 5.32 Å². The molecule has 2 aromatic rings. The molecule has 5 nitrogen and oxygen atoms in total. The number of carbonyl (C=O) groups is 1. The predicted octanol–water partition coefficient (Wildman–Crippen LogP) is 2.40. The highest BCUT2D eigenvalue weighted by molar-refractivity contribution is 5.94. The standard InChI is InChI=1S/C14H15N3O2/c1-9-10(2)16-17-13(12(9)14(18)19)15-8-11-6-4-3-5-7-11/h3-7H,8H2,1-2H3,(H,15,17)(H,18,19). The van der Waals surface area contributed by atoms with E-state index in [1.807, 2.05) is 30.3 Å². The molecule has 1 aromatic heterocycles. The fourth-order valence-corrected chi connectivity index (χ4v) is 1.78. The molecule has 0 amide bonds. The number of aryl methyl sites for hydroxylation is 1. The monoisotopic (exact) mass is 257 g/mol. The van der Waals surface area contributed by atoms with Crippen molar-refractivity contribution >= 4 is 11.8 Å². The first kappa shape index (κ1) is 13.0. The maximum atomic E-state index is 11.3. The van der Waals surface area contributed by atoms with Crippen LogP contribution in [0, 0.1) is 13.8 Å². The quantitative estimate of drug-likeness (QED) is 0.879. The second kappa shape index (κ2) is 5.48. The summed E-state index contributed by atoms with van der Waals surface area (Å²) in [5.41, 5.74) is 2.50. The van der Waals surface area contributed by atoms with E-state index in [1.54, 1.807) is 13.8 Å². The summed E-state index contributed by atoms with van der Waals surface area (Å²) >= 11 is 0. The molecule has 0 aliphatic carbocycles. The molecule has 2 N–H and O–H groups in total. The molecule has 0 atom stereocenters. The fourth-order valence-electron chi connectivity index (χ4n) is 1.78. The highest BCUT2D eigenvalue weighted by atomic mass is 16.4. The van der Waals surface area contributed by atoms with E-state index < -0.39 is 5.97 Å². The molecular formula is C14H15N3O2. The van der Waals surface area contributed by atoms with Crippen molar-refractivity contribution in [2.75, 3.05) is 5.32 Å². The number of hydrogen-bond donors (Lipinski definition) is 2. The molecular weight excluding hydrogens is 242 g/mol. The SMILES string of the molecule is Cc1nnc(NCc2ccccc2)c(C(=O)O)c1C. The van der Waals surface area contributed by atoms with Crippen LogP contribution >= 0.6 is 0 Å². The van der Waals surface area contributed by atoms with Gasteiger partial charge in [-0.15, -0.1) is 5.10 Å². The number of benzene rings is 1. The Labute approximate surface area is 111 Å². The Bertz CT molecular complexity index is 597. The van der Waals surface area contributed by atoms with Gasteiger partial charge in [0.2, 0.25) is 0 Å². The second-order valence-electron chi connectivity index (χ2n) is 4.28. The number of nitrogens with zero attached hydrogens (tertiary/aromatic N) is 2. The lowest BCUT2D eigenvalue weighted by Crippen LogP contribution is -2.12. The summed E-state index contributed by atoms with van der Waals surface area (Å²) in [5.74, 6) is -0.689. The smallest absolute Gasteiger partial charge is 0.339 e. The van der Waals surface area contributed by atoms with Crippen LogP contribution in [0.15, 0.2) is 30.3 Å². The average molecular weight is 257 g/mol. The van der Waals surface area contributed by atoms with Crippen LogP contribution in [0.25, 0.3) is 0 Å². The van der Waals surface area contributed by atoms with Gasteiger partial charge in [0, 0.05) is 6.54 Å². The highest BCUT2D eigenvalue weighted by Crippen LogP contribution is 2.18. The molecule has 0 unspecified atom stereocenters. The van der Waals surface area contributed by atoms with Crippen LogP contribution in [-0.4, -0.2) is 21.3 Å². The summed E-state index contributed by atoms with van der Waals surface area (Å²) in [4.78, 5) is 11.3. The number of aromatic nitrogens is 2. The lowest BCUT2D eigenvalue weighted by atomic mass is 10.1. The Balaban J connectivity index is 2.26. The zero-order valence-electron chi connectivity index (χ0n) is 10.8. The van der Waals surface area contributed by atoms with E-state index in [0.717, 1.165) is 5.56 Å². The molecule has 0 saturated heterocycles. The molecule has 0 bridgehead atoms. The number of carboxylic acids is 1. The van der Waals surface area contributed by atoms with Crippen LogP contribution in [-0.2, 0) is 6.54 Å². The van der Waals surface area contributed by atoms with Crippen molar-refractivity contribution in [2.24, 2.45) is 0 Å². The highest BCUT2D eigenvalue weighted by Gasteiger charge is 2.17. The number of carboxylic acid groups (broad SMARTS) is 1. The van der Waals surface area contributed by atoms with E-state index >= 15 is 0 Å². The molecule has 1 aromatic carbocycles. The number of anilines is 1. The number of hydrogen-bond acceptors (Lipinski definition) is 4. The van der Waals surface area contributed by atoms with Gasteiger partial charge >= 0.3 is 5.97 Å². The first-order chi connectivity index (χ1) is 9.09. The third-order valence-corrected chi connectivity index (χ3v) is 2.97. The third-order valence-electron chi connectivity index (χ3n) is 2.97. The lowest BCUT2D eigenvalue weighted by molar-refractivity contribution is 0.0696. The van der Waals surface area contributed by atoms with Gasteiger partial charge in [0.25, 0.3) is 0 Å². The molecule has 0 saturated carbocycles. The second-order valence-corrected chi connectivity index (χ2v) is 4.28. The lowest BCUT2D eigenvalue weighted by Gasteiger charge is -2.11. The molecule has 0 spiro atoms. The van der Waals surface area contributed by atoms with Crippen molar-refractivity contribution in [3.8, 4) is 0 Å². The molecule has 19 heavy (non-hydrogen) atoms. The number of aromatic carboxylic acids is 1. The fraction of sp³-hybridized carbons (Fsp3) is 0.214. The molecule has 1 heterocycles. The Morgan fingerprint density at radius 2 is 1.89 bits per heavy atom. The summed E-state index contributed by atoms with van der Waals surface area (Å²) in [6, 6.07) is 9.72. The summed E-state index contributed by atoms with van der Waals surface area (Å²) < 4.78 is 0.